The van der Waals surface area contributed by atoms with Crippen molar-refractivity contribution >= 4 is 5.96 Å². The van der Waals surface area contributed by atoms with Gasteiger partial charge in [-0.3, -0.25) is 4.90 Å². The second kappa shape index (κ2) is 7.39. The zero-order valence-electron chi connectivity index (χ0n) is 14.8. The molecule has 0 spiro atoms. The molecule has 0 radical (unpaired) electrons. The van der Waals surface area contributed by atoms with E-state index in [0.717, 1.165) is 37.1 Å². The minimum atomic E-state index is 0.691. The first-order valence-electron chi connectivity index (χ1n) is 9.00. The predicted molar refractivity (Wildman–Crippen MR) is 93.8 cm³/mol. The van der Waals surface area contributed by atoms with E-state index in [1.807, 2.05) is 13.8 Å². The minimum absolute atomic E-state index is 0.691. The standard InChI is InChI=1S/C18H30N4O/c1-4-19-18(20-12-16-11-14(2)23-15(16)3)22-10-7-17(13-22)21-8-5-6-9-21/h11,17H,4-10,12-13H2,1-3H3,(H,19,20). The lowest BCUT2D eigenvalue weighted by molar-refractivity contribution is 0.249. The molecule has 0 aliphatic carbocycles. The van der Waals surface area contributed by atoms with Crippen LogP contribution in [0.15, 0.2) is 15.5 Å². The minimum Gasteiger partial charge on any atom is -0.466 e. The summed E-state index contributed by atoms with van der Waals surface area (Å²) in [5.74, 6) is 3.00. The van der Waals surface area contributed by atoms with Crippen molar-refractivity contribution < 1.29 is 4.42 Å². The van der Waals surface area contributed by atoms with Gasteiger partial charge in [0, 0.05) is 31.2 Å². The molecule has 0 bridgehead atoms. The van der Waals surface area contributed by atoms with Crippen LogP contribution in [0.2, 0.25) is 0 Å². The number of hydrogen-bond acceptors (Lipinski definition) is 3. The largest absolute Gasteiger partial charge is 0.466 e. The van der Waals surface area contributed by atoms with Crippen LogP contribution in [-0.4, -0.2) is 54.5 Å². The first-order chi connectivity index (χ1) is 11.2. The third-order valence-electron chi connectivity index (χ3n) is 5.00. The van der Waals surface area contributed by atoms with Gasteiger partial charge in [-0.1, -0.05) is 0 Å². The Kier molecular flexibility index (Phi) is 5.26. The molecular formula is C18H30N4O. The van der Waals surface area contributed by atoms with Gasteiger partial charge in [0.25, 0.3) is 0 Å². The van der Waals surface area contributed by atoms with Gasteiger partial charge in [0.05, 0.1) is 6.54 Å². The fourth-order valence-electron chi connectivity index (χ4n) is 3.77. The Bertz CT molecular complexity index is 545. The molecule has 0 amide bonds. The van der Waals surface area contributed by atoms with E-state index in [9.17, 15) is 0 Å². The summed E-state index contributed by atoms with van der Waals surface area (Å²) in [7, 11) is 0. The highest BCUT2D eigenvalue weighted by atomic mass is 16.3. The summed E-state index contributed by atoms with van der Waals surface area (Å²) in [6, 6.07) is 2.80. The highest BCUT2D eigenvalue weighted by molar-refractivity contribution is 5.80. The first-order valence-corrected chi connectivity index (χ1v) is 9.00. The quantitative estimate of drug-likeness (QED) is 0.684. The Hall–Kier alpha value is -1.49. The molecule has 2 aliphatic rings. The lowest BCUT2D eigenvalue weighted by Crippen LogP contribution is -2.42. The zero-order chi connectivity index (χ0) is 16.2. The van der Waals surface area contributed by atoms with Crippen LogP contribution >= 0.6 is 0 Å². The van der Waals surface area contributed by atoms with Crippen LogP contribution in [0, 0.1) is 13.8 Å². The lowest BCUT2D eigenvalue weighted by Gasteiger charge is -2.25. The van der Waals surface area contributed by atoms with Crippen LogP contribution in [0.25, 0.3) is 0 Å². The SMILES string of the molecule is CCNC(=NCc1cc(C)oc1C)N1CCC(N2CCCC2)C1. The van der Waals surface area contributed by atoms with Crippen molar-refractivity contribution in [2.24, 2.45) is 4.99 Å². The van der Waals surface area contributed by atoms with Gasteiger partial charge in [-0.25, -0.2) is 4.99 Å². The number of rotatable bonds is 4. The van der Waals surface area contributed by atoms with E-state index in [0.29, 0.717) is 12.6 Å². The Morgan fingerprint density at radius 1 is 1.30 bits per heavy atom. The molecule has 2 saturated heterocycles. The van der Waals surface area contributed by atoms with Crippen molar-refractivity contribution in [3.63, 3.8) is 0 Å². The number of nitrogens with zero attached hydrogens (tertiary/aromatic N) is 3. The molecule has 1 unspecified atom stereocenters. The summed E-state index contributed by atoms with van der Waals surface area (Å²) < 4.78 is 5.61. The Balaban J connectivity index is 1.64. The van der Waals surface area contributed by atoms with E-state index >= 15 is 0 Å². The molecule has 23 heavy (non-hydrogen) atoms. The van der Waals surface area contributed by atoms with Crippen LogP contribution < -0.4 is 5.32 Å². The van der Waals surface area contributed by atoms with E-state index in [2.05, 4.69) is 28.1 Å². The third-order valence-corrected chi connectivity index (χ3v) is 5.00. The number of hydrogen-bond donors (Lipinski definition) is 1. The molecule has 3 heterocycles. The number of guanidine groups is 1. The fourth-order valence-corrected chi connectivity index (χ4v) is 3.77. The molecule has 2 fully saturated rings. The van der Waals surface area contributed by atoms with Crippen molar-refractivity contribution in [1.82, 2.24) is 15.1 Å². The molecule has 128 valence electrons. The molecule has 2 aliphatic heterocycles. The van der Waals surface area contributed by atoms with Crippen LogP contribution in [0.3, 0.4) is 0 Å². The monoisotopic (exact) mass is 318 g/mol. The Morgan fingerprint density at radius 2 is 2.09 bits per heavy atom. The average molecular weight is 318 g/mol. The van der Waals surface area contributed by atoms with Crippen molar-refractivity contribution in [2.75, 3.05) is 32.7 Å². The maximum atomic E-state index is 5.61. The second-order valence-corrected chi connectivity index (χ2v) is 6.74. The normalized spacial score (nSPS) is 23.0. The predicted octanol–water partition coefficient (Wildman–Crippen LogP) is 2.53. The topological polar surface area (TPSA) is 44.0 Å². The highest BCUT2D eigenvalue weighted by Gasteiger charge is 2.30. The van der Waals surface area contributed by atoms with Gasteiger partial charge in [0.2, 0.25) is 0 Å². The highest BCUT2D eigenvalue weighted by Crippen LogP contribution is 2.21. The summed E-state index contributed by atoms with van der Waals surface area (Å²) in [6.07, 6.45) is 3.99. The molecule has 1 N–H and O–H groups in total. The molecule has 5 heteroatoms. The van der Waals surface area contributed by atoms with E-state index in [-0.39, 0.29) is 0 Å². The van der Waals surface area contributed by atoms with Gasteiger partial charge in [-0.2, -0.15) is 0 Å². The van der Waals surface area contributed by atoms with Crippen molar-refractivity contribution in [3.05, 3.63) is 23.2 Å². The van der Waals surface area contributed by atoms with Gasteiger partial charge in [-0.15, -0.1) is 0 Å². The molecule has 3 rings (SSSR count). The van der Waals surface area contributed by atoms with Crippen LogP contribution in [0.1, 0.15) is 43.3 Å². The maximum absolute atomic E-state index is 5.61. The van der Waals surface area contributed by atoms with E-state index in [4.69, 9.17) is 9.41 Å². The molecule has 1 aromatic rings. The van der Waals surface area contributed by atoms with Gasteiger partial charge in [0.1, 0.15) is 11.5 Å². The summed E-state index contributed by atoms with van der Waals surface area (Å²) in [5, 5.41) is 3.46. The van der Waals surface area contributed by atoms with E-state index < -0.39 is 0 Å². The van der Waals surface area contributed by atoms with Gasteiger partial charge < -0.3 is 14.6 Å². The second-order valence-electron chi connectivity index (χ2n) is 6.74. The molecular weight excluding hydrogens is 288 g/mol. The Labute approximate surface area is 139 Å². The molecule has 5 nitrogen and oxygen atoms in total. The summed E-state index contributed by atoms with van der Waals surface area (Å²) in [5.41, 5.74) is 1.19. The van der Waals surface area contributed by atoms with Crippen LogP contribution in [-0.2, 0) is 6.54 Å². The van der Waals surface area contributed by atoms with Crippen molar-refractivity contribution in [1.29, 1.82) is 0 Å². The summed E-state index contributed by atoms with van der Waals surface area (Å²) in [6.45, 7) is 12.5. The summed E-state index contributed by atoms with van der Waals surface area (Å²) in [4.78, 5) is 9.94. The average Bonchev–Trinajstić information content (AvgIpc) is 3.24. The van der Waals surface area contributed by atoms with Gasteiger partial charge in [0.15, 0.2) is 5.96 Å². The van der Waals surface area contributed by atoms with Crippen molar-refractivity contribution in [3.8, 4) is 0 Å². The van der Waals surface area contributed by atoms with E-state index in [1.165, 1.54) is 37.9 Å². The number of aryl methyl sites for hydroxylation is 2. The van der Waals surface area contributed by atoms with Gasteiger partial charge >= 0.3 is 0 Å². The lowest BCUT2D eigenvalue weighted by atomic mass is 10.2. The maximum Gasteiger partial charge on any atom is 0.194 e. The smallest absolute Gasteiger partial charge is 0.194 e. The number of likely N-dealkylation sites (tertiary alicyclic amines) is 2. The fraction of sp³-hybridized carbons (Fsp3) is 0.722. The van der Waals surface area contributed by atoms with E-state index in [1.54, 1.807) is 0 Å². The molecule has 1 aromatic heterocycles. The first kappa shape index (κ1) is 16.4. The molecule has 0 saturated carbocycles. The van der Waals surface area contributed by atoms with Crippen LogP contribution in [0.4, 0.5) is 0 Å². The molecule has 0 aromatic carbocycles. The summed E-state index contributed by atoms with van der Waals surface area (Å²) >= 11 is 0. The van der Waals surface area contributed by atoms with Crippen LogP contribution in [0.5, 0.6) is 0 Å². The number of furan rings is 1. The van der Waals surface area contributed by atoms with Crippen molar-refractivity contribution in [2.45, 2.75) is 52.6 Å². The third kappa shape index (κ3) is 3.89. The number of aliphatic imine (C=N–C) groups is 1. The Morgan fingerprint density at radius 3 is 2.74 bits per heavy atom. The number of nitrogens with one attached hydrogen (secondary N) is 1. The molecule has 1 atom stereocenters. The zero-order valence-corrected chi connectivity index (χ0v) is 14.8. The van der Waals surface area contributed by atoms with Gasteiger partial charge in [-0.05, 0) is 59.2 Å².